The Labute approximate surface area is 122 Å². The molecule has 0 bridgehead atoms. The van der Waals surface area contributed by atoms with Crippen molar-refractivity contribution in [2.75, 3.05) is 12.4 Å². The molecule has 3 N–H and O–H groups in total. The molecule has 7 nitrogen and oxygen atoms in total. The number of carbonyl (C=O) groups excluding carboxylic acids is 3. The van der Waals surface area contributed by atoms with Crippen molar-refractivity contribution in [3.63, 3.8) is 0 Å². The van der Waals surface area contributed by atoms with E-state index in [2.05, 4.69) is 31.9 Å². The van der Waals surface area contributed by atoms with E-state index in [1.165, 1.54) is 7.11 Å². The van der Waals surface area contributed by atoms with Crippen molar-refractivity contribution < 1.29 is 19.1 Å². The molecular weight excluding hydrogens is 330 g/mol. The molecule has 0 aromatic heterocycles. The third-order valence-electron chi connectivity index (χ3n) is 3.30. The monoisotopic (exact) mass is 339 g/mol. The fraction of sp³-hybridized carbons (Fsp3) is 0.250. The highest BCUT2D eigenvalue weighted by molar-refractivity contribution is 9.10. The maximum absolute atomic E-state index is 12.5. The lowest BCUT2D eigenvalue weighted by atomic mass is 9.90. The summed E-state index contributed by atoms with van der Waals surface area (Å²) in [5.41, 5.74) is 0.856. The van der Waals surface area contributed by atoms with Crippen LogP contribution in [0.4, 0.5) is 10.5 Å². The van der Waals surface area contributed by atoms with E-state index in [9.17, 15) is 14.4 Å². The number of halogens is 1. The number of fused-ring (bicyclic) bond motifs is 2. The molecule has 3 rings (SSSR count). The molecule has 0 saturated carbocycles. The number of anilines is 1. The van der Waals surface area contributed by atoms with Crippen LogP contribution in [0, 0.1) is 0 Å². The molecule has 20 heavy (non-hydrogen) atoms. The number of rotatable bonds is 1. The zero-order valence-electron chi connectivity index (χ0n) is 10.3. The number of ether oxygens (including phenoxy) is 1. The number of ketones is 1. The molecule has 1 saturated heterocycles. The minimum Gasteiger partial charge on any atom is -0.497 e. The lowest BCUT2D eigenvalue weighted by Crippen LogP contribution is -2.72. The second-order valence-electron chi connectivity index (χ2n) is 4.47. The van der Waals surface area contributed by atoms with Crippen LogP contribution in [0.25, 0.3) is 0 Å². The number of carbonyl (C=O) groups is 3. The maximum Gasteiger partial charge on any atom is 0.322 e. The number of nitrogens with one attached hydrogen (secondary N) is 3. The second-order valence-corrected chi connectivity index (χ2v) is 5.72. The number of urea groups is 1. The molecule has 1 aromatic carbocycles. The van der Waals surface area contributed by atoms with Gasteiger partial charge in [-0.1, -0.05) is 0 Å². The highest BCUT2D eigenvalue weighted by Gasteiger charge is 2.55. The molecule has 0 aliphatic carbocycles. The molecular formula is C12H10BrN3O4. The number of Topliss-reactive ketones (excluding diaryl/α,β-unsaturated/α-hetero) is 1. The fourth-order valence-electron chi connectivity index (χ4n) is 2.28. The van der Waals surface area contributed by atoms with Crippen LogP contribution in [0.15, 0.2) is 18.2 Å². The molecule has 1 aromatic rings. The first-order valence-corrected chi connectivity index (χ1v) is 6.56. The van der Waals surface area contributed by atoms with Gasteiger partial charge in [-0.3, -0.25) is 14.9 Å². The summed E-state index contributed by atoms with van der Waals surface area (Å²) in [6, 6.07) is 3.17. The number of imide groups is 1. The van der Waals surface area contributed by atoms with Gasteiger partial charge < -0.3 is 15.4 Å². The lowest BCUT2D eigenvalue weighted by Gasteiger charge is -2.42. The van der Waals surface area contributed by atoms with E-state index < -0.39 is 22.4 Å². The molecule has 2 aliphatic heterocycles. The number of hydrogen-bond donors (Lipinski definition) is 3. The van der Waals surface area contributed by atoms with Crippen molar-refractivity contribution in [2.24, 2.45) is 0 Å². The van der Waals surface area contributed by atoms with Crippen LogP contribution in [-0.4, -0.2) is 35.3 Å². The van der Waals surface area contributed by atoms with Gasteiger partial charge in [0.05, 0.1) is 7.11 Å². The Kier molecular flexibility index (Phi) is 2.72. The van der Waals surface area contributed by atoms with Crippen molar-refractivity contribution in [1.82, 2.24) is 10.6 Å². The number of hydrogen-bond acceptors (Lipinski definition) is 5. The van der Waals surface area contributed by atoms with Gasteiger partial charge in [-0.05, 0) is 34.1 Å². The smallest absolute Gasteiger partial charge is 0.322 e. The number of methoxy groups -OCH3 is 1. The topological polar surface area (TPSA) is 96.5 Å². The van der Waals surface area contributed by atoms with Crippen LogP contribution in [0.2, 0.25) is 0 Å². The first kappa shape index (κ1) is 12.9. The summed E-state index contributed by atoms with van der Waals surface area (Å²) in [5, 5.41) is 7.51. The van der Waals surface area contributed by atoms with Gasteiger partial charge in [0.2, 0.25) is 4.45 Å². The van der Waals surface area contributed by atoms with E-state index in [-0.39, 0.29) is 5.78 Å². The summed E-state index contributed by atoms with van der Waals surface area (Å²) < 4.78 is 3.68. The van der Waals surface area contributed by atoms with Crippen molar-refractivity contribution in [3.05, 3.63) is 23.8 Å². The van der Waals surface area contributed by atoms with Gasteiger partial charge in [-0.25, -0.2) is 4.79 Å². The maximum atomic E-state index is 12.5. The van der Waals surface area contributed by atoms with Crippen LogP contribution in [0.5, 0.6) is 5.75 Å². The Hall–Kier alpha value is -2.09. The largest absolute Gasteiger partial charge is 0.497 e. The van der Waals surface area contributed by atoms with Crippen LogP contribution < -0.4 is 20.7 Å². The van der Waals surface area contributed by atoms with Crippen LogP contribution in [0.3, 0.4) is 0 Å². The van der Waals surface area contributed by atoms with Gasteiger partial charge in [0, 0.05) is 11.3 Å². The van der Waals surface area contributed by atoms with E-state index in [0.29, 0.717) is 17.0 Å². The molecule has 0 radical (unpaired) electrons. The van der Waals surface area contributed by atoms with Crippen molar-refractivity contribution in [2.45, 2.75) is 10.5 Å². The SMILES string of the molecule is COc1ccc2c(c1)C(=O)[C@H]1NC(=O)NC(=O)[C@@]1(Br)N2. The third-order valence-corrected chi connectivity index (χ3v) is 4.32. The molecule has 104 valence electrons. The van der Waals surface area contributed by atoms with Crippen molar-refractivity contribution in [1.29, 1.82) is 0 Å². The number of amides is 3. The van der Waals surface area contributed by atoms with E-state index in [0.717, 1.165) is 0 Å². The third kappa shape index (κ3) is 1.68. The van der Waals surface area contributed by atoms with Crippen LogP contribution >= 0.6 is 15.9 Å². The quantitative estimate of drug-likeness (QED) is 0.514. The van der Waals surface area contributed by atoms with Gasteiger partial charge in [0.1, 0.15) is 11.8 Å². The van der Waals surface area contributed by atoms with Gasteiger partial charge in [0.25, 0.3) is 5.91 Å². The van der Waals surface area contributed by atoms with E-state index in [1.54, 1.807) is 18.2 Å². The van der Waals surface area contributed by atoms with E-state index >= 15 is 0 Å². The summed E-state index contributed by atoms with van der Waals surface area (Å²) in [4.78, 5) is 35.9. The fourth-order valence-corrected chi connectivity index (χ4v) is 2.92. The highest BCUT2D eigenvalue weighted by atomic mass is 79.9. The predicted molar refractivity (Wildman–Crippen MR) is 73.1 cm³/mol. The molecule has 1 fully saturated rings. The van der Waals surface area contributed by atoms with Gasteiger partial charge >= 0.3 is 6.03 Å². The average molecular weight is 340 g/mol. The molecule has 0 spiro atoms. The molecule has 8 heteroatoms. The zero-order chi connectivity index (χ0) is 14.5. The predicted octanol–water partition coefficient (Wildman–Crippen LogP) is 0.603. The minimum atomic E-state index is -1.39. The summed E-state index contributed by atoms with van der Waals surface area (Å²) in [6.45, 7) is 0. The van der Waals surface area contributed by atoms with Crippen LogP contribution in [-0.2, 0) is 4.79 Å². The Balaban J connectivity index is 2.12. The lowest BCUT2D eigenvalue weighted by molar-refractivity contribution is -0.122. The zero-order valence-corrected chi connectivity index (χ0v) is 11.9. The normalized spacial score (nSPS) is 27.7. The summed E-state index contributed by atoms with van der Waals surface area (Å²) >= 11 is 3.22. The first-order valence-electron chi connectivity index (χ1n) is 5.77. The van der Waals surface area contributed by atoms with Gasteiger partial charge in [-0.15, -0.1) is 0 Å². The Bertz CT molecular complexity index is 648. The van der Waals surface area contributed by atoms with Gasteiger partial charge in [-0.2, -0.15) is 0 Å². The summed E-state index contributed by atoms with van der Waals surface area (Å²) in [6.07, 6.45) is 0. The average Bonchev–Trinajstić information content (AvgIpc) is 2.42. The number of alkyl halides is 1. The highest BCUT2D eigenvalue weighted by Crippen LogP contribution is 2.38. The van der Waals surface area contributed by atoms with E-state index in [4.69, 9.17) is 4.74 Å². The number of benzene rings is 1. The van der Waals surface area contributed by atoms with Crippen LogP contribution in [0.1, 0.15) is 10.4 Å². The first-order chi connectivity index (χ1) is 9.45. The molecule has 0 unspecified atom stereocenters. The van der Waals surface area contributed by atoms with E-state index in [1.807, 2.05) is 0 Å². The Morgan fingerprint density at radius 1 is 1.30 bits per heavy atom. The standard InChI is InChI=1S/C12H10BrN3O4/c1-20-5-2-3-7-6(4-5)8(17)9-12(13,16-7)10(18)15-11(19)14-9/h2-4,9,16H,1H3,(H2,14,15,18,19)/t9-,12+/m1/s1. The Morgan fingerprint density at radius 2 is 2.05 bits per heavy atom. The summed E-state index contributed by atoms with van der Waals surface area (Å²) in [5.74, 6) is -0.452. The second kappa shape index (κ2) is 4.20. The summed E-state index contributed by atoms with van der Waals surface area (Å²) in [7, 11) is 1.49. The van der Waals surface area contributed by atoms with Gasteiger partial charge in [0.15, 0.2) is 5.78 Å². The Morgan fingerprint density at radius 3 is 2.75 bits per heavy atom. The van der Waals surface area contributed by atoms with Crippen molar-refractivity contribution >= 4 is 39.3 Å². The van der Waals surface area contributed by atoms with Crippen molar-refractivity contribution in [3.8, 4) is 5.75 Å². The molecule has 2 aliphatic rings. The molecule has 2 atom stereocenters. The minimum absolute atomic E-state index is 0.361. The molecule has 2 heterocycles. The molecule has 3 amide bonds.